The summed E-state index contributed by atoms with van der Waals surface area (Å²) in [6.07, 6.45) is -3.59. The number of pyridine rings is 1. The molecule has 0 bridgehead atoms. The molecule has 0 radical (unpaired) electrons. The van der Waals surface area contributed by atoms with Gasteiger partial charge in [0.15, 0.2) is 0 Å². The summed E-state index contributed by atoms with van der Waals surface area (Å²) in [5.41, 5.74) is 1.52. The second-order valence-electron chi connectivity index (χ2n) is 4.70. The van der Waals surface area contributed by atoms with Crippen LogP contribution < -0.4 is 5.32 Å². The van der Waals surface area contributed by atoms with Crippen molar-refractivity contribution in [2.24, 2.45) is 0 Å². The Hall–Kier alpha value is -2.37. The van der Waals surface area contributed by atoms with Crippen LogP contribution in [-0.4, -0.2) is 10.9 Å². The van der Waals surface area contributed by atoms with Crippen LogP contribution in [0.4, 0.5) is 18.9 Å². The van der Waals surface area contributed by atoms with Crippen LogP contribution in [0.1, 0.15) is 27.2 Å². The molecular weight excluding hydrogens is 281 g/mol. The van der Waals surface area contributed by atoms with Crippen molar-refractivity contribution in [3.05, 3.63) is 58.9 Å². The number of halogens is 3. The summed E-state index contributed by atoms with van der Waals surface area (Å²) in [6, 6.07) is 7.46. The van der Waals surface area contributed by atoms with Crippen LogP contribution in [0.2, 0.25) is 0 Å². The first-order valence-electron chi connectivity index (χ1n) is 6.19. The van der Waals surface area contributed by atoms with Gasteiger partial charge < -0.3 is 5.32 Å². The van der Waals surface area contributed by atoms with Crippen LogP contribution >= 0.6 is 0 Å². The number of rotatable bonds is 2. The maximum absolute atomic E-state index is 12.4. The Morgan fingerprint density at radius 2 is 1.86 bits per heavy atom. The van der Waals surface area contributed by atoms with Gasteiger partial charge in [-0.1, -0.05) is 12.1 Å². The zero-order valence-corrected chi connectivity index (χ0v) is 11.5. The highest BCUT2D eigenvalue weighted by molar-refractivity contribution is 6.04. The van der Waals surface area contributed by atoms with Crippen molar-refractivity contribution < 1.29 is 18.0 Å². The van der Waals surface area contributed by atoms with Crippen molar-refractivity contribution in [3.63, 3.8) is 0 Å². The minimum Gasteiger partial charge on any atom is -0.322 e. The summed E-state index contributed by atoms with van der Waals surface area (Å²) >= 11 is 0. The number of benzene rings is 1. The van der Waals surface area contributed by atoms with E-state index >= 15 is 0 Å². The lowest BCUT2D eigenvalue weighted by Crippen LogP contribution is -2.15. The van der Waals surface area contributed by atoms with Crippen molar-refractivity contribution in [2.45, 2.75) is 20.0 Å². The molecule has 1 heterocycles. The lowest BCUT2D eigenvalue weighted by atomic mass is 10.1. The lowest BCUT2D eigenvalue weighted by Gasteiger charge is -2.10. The third kappa shape index (κ3) is 3.59. The fourth-order valence-corrected chi connectivity index (χ4v) is 1.76. The van der Waals surface area contributed by atoms with E-state index in [1.54, 1.807) is 6.07 Å². The van der Waals surface area contributed by atoms with E-state index in [-0.39, 0.29) is 5.56 Å². The second-order valence-corrected chi connectivity index (χ2v) is 4.70. The first-order chi connectivity index (χ1) is 9.77. The molecule has 0 spiro atoms. The number of hydrogen-bond donors (Lipinski definition) is 1. The molecule has 0 aliphatic rings. The average Bonchev–Trinajstić information content (AvgIpc) is 2.42. The van der Waals surface area contributed by atoms with Gasteiger partial charge in [-0.05, 0) is 43.2 Å². The van der Waals surface area contributed by atoms with Gasteiger partial charge in [0.2, 0.25) is 0 Å². The molecule has 1 amide bonds. The molecule has 0 aliphatic carbocycles. The van der Waals surface area contributed by atoms with Gasteiger partial charge in [0.25, 0.3) is 5.91 Å². The molecule has 6 heteroatoms. The Morgan fingerprint density at radius 3 is 2.43 bits per heavy atom. The molecule has 110 valence electrons. The number of aryl methyl sites for hydroxylation is 2. The highest BCUT2D eigenvalue weighted by atomic mass is 19.4. The predicted octanol–water partition coefficient (Wildman–Crippen LogP) is 3.97. The van der Waals surface area contributed by atoms with Crippen molar-refractivity contribution in [2.75, 3.05) is 5.32 Å². The molecule has 0 fully saturated rings. The summed E-state index contributed by atoms with van der Waals surface area (Å²) in [5.74, 6) is -0.495. The van der Waals surface area contributed by atoms with Crippen LogP contribution in [0, 0.1) is 13.8 Å². The van der Waals surface area contributed by atoms with Crippen molar-refractivity contribution >= 4 is 11.6 Å². The van der Waals surface area contributed by atoms with Gasteiger partial charge in [-0.15, -0.1) is 0 Å². The zero-order valence-electron chi connectivity index (χ0n) is 11.5. The third-order valence-corrected chi connectivity index (χ3v) is 2.96. The quantitative estimate of drug-likeness (QED) is 0.910. The Bertz CT molecular complexity index is 664. The van der Waals surface area contributed by atoms with Crippen molar-refractivity contribution in [1.82, 2.24) is 4.98 Å². The molecule has 2 rings (SSSR count). The summed E-state index contributed by atoms with van der Waals surface area (Å²) < 4.78 is 37.2. The molecule has 2 aromatic rings. The largest absolute Gasteiger partial charge is 0.433 e. The molecular formula is C15H13F3N2O. The van der Waals surface area contributed by atoms with Gasteiger partial charge >= 0.3 is 6.18 Å². The van der Waals surface area contributed by atoms with Crippen LogP contribution in [0.5, 0.6) is 0 Å². The van der Waals surface area contributed by atoms with E-state index in [9.17, 15) is 18.0 Å². The van der Waals surface area contributed by atoms with Crippen LogP contribution in [-0.2, 0) is 6.18 Å². The number of anilines is 1. The Kier molecular flexibility index (Phi) is 3.97. The number of carbonyl (C=O) groups excluding carboxylic acids is 1. The summed E-state index contributed by atoms with van der Waals surface area (Å²) in [7, 11) is 0. The highest BCUT2D eigenvalue weighted by Gasteiger charge is 2.32. The Morgan fingerprint density at radius 1 is 1.14 bits per heavy atom. The first kappa shape index (κ1) is 15.0. The minimum absolute atomic E-state index is 0.0731. The summed E-state index contributed by atoms with van der Waals surface area (Å²) in [4.78, 5) is 15.3. The highest BCUT2D eigenvalue weighted by Crippen LogP contribution is 2.27. The summed E-state index contributed by atoms with van der Waals surface area (Å²) in [6.45, 7) is 3.72. The van der Waals surface area contributed by atoms with E-state index < -0.39 is 17.8 Å². The first-order valence-corrected chi connectivity index (χ1v) is 6.19. The normalized spacial score (nSPS) is 11.3. The molecule has 3 nitrogen and oxygen atoms in total. The van der Waals surface area contributed by atoms with Gasteiger partial charge in [-0.3, -0.25) is 9.78 Å². The molecule has 0 atom stereocenters. The van der Waals surface area contributed by atoms with Gasteiger partial charge in [-0.25, -0.2) is 0 Å². The van der Waals surface area contributed by atoms with Crippen LogP contribution in [0.15, 0.2) is 36.5 Å². The van der Waals surface area contributed by atoms with Gasteiger partial charge in [-0.2, -0.15) is 13.2 Å². The molecule has 0 unspecified atom stereocenters. The molecule has 0 saturated carbocycles. The Balaban J connectivity index is 2.19. The molecule has 21 heavy (non-hydrogen) atoms. The van der Waals surface area contributed by atoms with Crippen molar-refractivity contribution in [3.8, 4) is 0 Å². The Labute approximate surface area is 119 Å². The van der Waals surface area contributed by atoms with E-state index in [0.717, 1.165) is 29.5 Å². The van der Waals surface area contributed by atoms with E-state index in [1.807, 2.05) is 26.0 Å². The molecule has 0 saturated heterocycles. The number of nitrogens with zero attached hydrogens (tertiary/aromatic N) is 1. The maximum atomic E-state index is 12.4. The molecule has 1 N–H and O–H groups in total. The maximum Gasteiger partial charge on any atom is 0.433 e. The fraction of sp³-hybridized carbons (Fsp3) is 0.200. The third-order valence-electron chi connectivity index (χ3n) is 2.96. The lowest BCUT2D eigenvalue weighted by molar-refractivity contribution is -0.141. The molecule has 1 aromatic carbocycles. The number of carbonyl (C=O) groups is 1. The van der Waals surface area contributed by atoms with E-state index in [1.165, 1.54) is 0 Å². The van der Waals surface area contributed by atoms with Gasteiger partial charge in [0.05, 0.1) is 5.56 Å². The topological polar surface area (TPSA) is 42.0 Å². The second kappa shape index (κ2) is 5.55. The molecule has 0 aliphatic heterocycles. The van der Waals surface area contributed by atoms with Crippen molar-refractivity contribution in [1.29, 1.82) is 0 Å². The van der Waals surface area contributed by atoms with Gasteiger partial charge in [0, 0.05) is 11.9 Å². The average molecular weight is 294 g/mol. The number of aromatic nitrogens is 1. The van der Waals surface area contributed by atoms with Gasteiger partial charge in [0.1, 0.15) is 5.69 Å². The molecule has 1 aromatic heterocycles. The SMILES string of the molecule is Cc1ccc(C)c(NC(=O)c2ccc(C(F)(F)F)nc2)c1. The summed E-state index contributed by atoms with van der Waals surface area (Å²) in [5, 5.41) is 2.67. The van der Waals surface area contributed by atoms with E-state index in [4.69, 9.17) is 0 Å². The number of nitrogens with one attached hydrogen (secondary N) is 1. The van der Waals surface area contributed by atoms with E-state index in [2.05, 4.69) is 10.3 Å². The fourth-order valence-electron chi connectivity index (χ4n) is 1.76. The zero-order chi connectivity index (χ0) is 15.6. The minimum atomic E-state index is -4.51. The smallest absolute Gasteiger partial charge is 0.322 e. The standard InChI is InChI=1S/C15H13F3N2O/c1-9-3-4-10(2)12(7-9)20-14(21)11-5-6-13(19-8-11)15(16,17)18/h3-8H,1-2H3,(H,20,21). The van der Waals surface area contributed by atoms with E-state index in [0.29, 0.717) is 5.69 Å². The van der Waals surface area contributed by atoms with Crippen LogP contribution in [0.3, 0.4) is 0 Å². The number of alkyl halides is 3. The number of hydrogen-bond acceptors (Lipinski definition) is 2. The number of amides is 1. The van der Waals surface area contributed by atoms with Crippen LogP contribution in [0.25, 0.3) is 0 Å². The predicted molar refractivity (Wildman–Crippen MR) is 73.1 cm³/mol. The monoisotopic (exact) mass is 294 g/mol.